The predicted molar refractivity (Wildman–Crippen MR) is 76.9 cm³/mol. The minimum absolute atomic E-state index is 0.0396. The normalized spacial score (nSPS) is 11.9. The van der Waals surface area contributed by atoms with Crippen LogP contribution in [0, 0.1) is 0 Å². The molecule has 0 atom stereocenters. The van der Waals surface area contributed by atoms with E-state index in [-0.39, 0.29) is 17.9 Å². The topological polar surface area (TPSA) is 30.8 Å². The maximum Gasteiger partial charge on any atom is 0.573 e. The maximum absolute atomic E-state index is 12.4. The molecular formula is C16H12F5NO2. The molecule has 2 rings (SSSR count). The van der Waals surface area contributed by atoms with Crippen molar-refractivity contribution in [3.05, 3.63) is 65.2 Å². The number of hydrogen-bond acceptors (Lipinski definition) is 3. The first-order chi connectivity index (χ1) is 11.3. The van der Waals surface area contributed by atoms with Crippen molar-refractivity contribution in [3.8, 4) is 5.75 Å². The Hall–Kier alpha value is -2.64. The Bertz CT molecular complexity index is 666. The van der Waals surface area contributed by atoms with Crippen molar-refractivity contribution < 1.29 is 31.5 Å². The Morgan fingerprint density at radius 2 is 1.58 bits per heavy atom. The van der Waals surface area contributed by atoms with Gasteiger partial charge in [0.2, 0.25) is 0 Å². The van der Waals surface area contributed by atoms with Gasteiger partial charge in [-0.25, -0.2) is 8.78 Å². The summed E-state index contributed by atoms with van der Waals surface area (Å²) in [4.78, 5) is 5.00. The van der Waals surface area contributed by atoms with Crippen molar-refractivity contribution in [2.24, 2.45) is 5.16 Å². The van der Waals surface area contributed by atoms with E-state index in [1.165, 1.54) is 54.7 Å². The summed E-state index contributed by atoms with van der Waals surface area (Å²) in [6.07, 6.45) is -5.92. The van der Waals surface area contributed by atoms with Gasteiger partial charge < -0.3 is 9.57 Å². The van der Waals surface area contributed by atoms with Crippen LogP contribution in [0.3, 0.4) is 0 Å². The Morgan fingerprint density at radius 1 is 0.958 bits per heavy atom. The zero-order valence-corrected chi connectivity index (χ0v) is 12.1. The van der Waals surface area contributed by atoms with Gasteiger partial charge in [-0.3, -0.25) is 0 Å². The van der Waals surface area contributed by atoms with Crippen LogP contribution in [-0.2, 0) is 11.4 Å². The number of oxime groups is 1. The fraction of sp³-hybridized carbons (Fsp3) is 0.188. The molecule has 0 saturated heterocycles. The van der Waals surface area contributed by atoms with Crippen LogP contribution in [0.15, 0.2) is 53.7 Å². The van der Waals surface area contributed by atoms with Gasteiger partial charge in [-0.2, -0.15) is 0 Å². The summed E-state index contributed by atoms with van der Waals surface area (Å²) in [6, 6.07) is 10.7. The summed E-state index contributed by atoms with van der Waals surface area (Å²) < 4.78 is 64.5. The van der Waals surface area contributed by atoms with Crippen LogP contribution in [0.4, 0.5) is 22.0 Å². The van der Waals surface area contributed by atoms with Gasteiger partial charge in [0.15, 0.2) is 0 Å². The van der Waals surface area contributed by atoms with E-state index in [0.29, 0.717) is 11.1 Å². The van der Waals surface area contributed by atoms with Crippen LogP contribution in [0.25, 0.3) is 0 Å². The third kappa shape index (κ3) is 5.86. The van der Waals surface area contributed by atoms with E-state index in [9.17, 15) is 22.0 Å². The summed E-state index contributed by atoms with van der Waals surface area (Å²) >= 11 is 0. The van der Waals surface area contributed by atoms with E-state index in [2.05, 4.69) is 9.89 Å². The quantitative estimate of drug-likeness (QED) is 0.416. The van der Waals surface area contributed by atoms with Crippen molar-refractivity contribution in [2.45, 2.75) is 19.4 Å². The average Bonchev–Trinajstić information content (AvgIpc) is 2.52. The van der Waals surface area contributed by atoms with Crippen LogP contribution in [0.1, 0.15) is 23.1 Å². The molecule has 24 heavy (non-hydrogen) atoms. The first-order valence-corrected chi connectivity index (χ1v) is 6.71. The fourth-order valence-electron chi connectivity index (χ4n) is 1.72. The van der Waals surface area contributed by atoms with Gasteiger partial charge in [-0.1, -0.05) is 41.6 Å². The standard InChI is InChI=1S/C16H12F5NO2/c17-15(18)13-5-1-11(2-6-13)9-22-23-10-12-3-7-14(8-4-12)24-16(19,20)21/h1-9,15H,10H2. The summed E-state index contributed by atoms with van der Waals surface area (Å²) in [5.74, 6) is -0.325. The Labute approximate surface area is 134 Å². The van der Waals surface area contributed by atoms with Crippen molar-refractivity contribution in [1.82, 2.24) is 0 Å². The molecule has 0 aromatic heterocycles. The summed E-state index contributed by atoms with van der Waals surface area (Å²) in [6.45, 7) is 0.0396. The molecular weight excluding hydrogens is 333 g/mol. The number of nitrogens with zero attached hydrogens (tertiary/aromatic N) is 1. The lowest BCUT2D eigenvalue weighted by molar-refractivity contribution is -0.274. The minimum atomic E-state index is -4.73. The Kier molecular flexibility index (Phi) is 5.73. The highest BCUT2D eigenvalue weighted by molar-refractivity contribution is 5.79. The second-order valence-corrected chi connectivity index (χ2v) is 4.67. The highest BCUT2D eigenvalue weighted by atomic mass is 19.4. The molecule has 0 spiro atoms. The molecule has 0 saturated carbocycles. The molecule has 2 aromatic carbocycles. The highest BCUT2D eigenvalue weighted by Gasteiger charge is 2.30. The van der Waals surface area contributed by atoms with E-state index in [4.69, 9.17) is 4.84 Å². The molecule has 8 heteroatoms. The van der Waals surface area contributed by atoms with Gasteiger partial charge in [0.25, 0.3) is 6.43 Å². The van der Waals surface area contributed by atoms with E-state index < -0.39 is 12.8 Å². The Balaban J connectivity index is 1.83. The summed E-state index contributed by atoms with van der Waals surface area (Å²) in [5.41, 5.74) is 1.08. The molecule has 0 aliphatic carbocycles. The third-order valence-corrected chi connectivity index (χ3v) is 2.85. The molecule has 0 aliphatic rings. The molecule has 0 aliphatic heterocycles. The lowest BCUT2D eigenvalue weighted by atomic mass is 10.1. The Morgan fingerprint density at radius 3 is 2.12 bits per heavy atom. The van der Waals surface area contributed by atoms with E-state index >= 15 is 0 Å². The monoisotopic (exact) mass is 345 g/mol. The molecule has 0 N–H and O–H groups in total. The molecule has 3 nitrogen and oxygen atoms in total. The van der Waals surface area contributed by atoms with Crippen molar-refractivity contribution in [2.75, 3.05) is 0 Å². The summed E-state index contributed by atoms with van der Waals surface area (Å²) in [7, 11) is 0. The van der Waals surface area contributed by atoms with Gasteiger partial charge >= 0.3 is 6.36 Å². The van der Waals surface area contributed by atoms with Crippen molar-refractivity contribution in [3.63, 3.8) is 0 Å². The molecule has 0 amide bonds. The number of hydrogen-bond donors (Lipinski definition) is 0. The number of halogens is 5. The first kappa shape index (κ1) is 17.7. The molecule has 0 fully saturated rings. The lowest BCUT2D eigenvalue weighted by Gasteiger charge is -2.08. The number of ether oxygens (including phenoxy) is 1. The summed E-state index contributed by atoms with van der Waals surface area (Å²) in [5, 5.41) is 3.67. The third-order valence-electron chi connectivity index (χ3n) is 2.85. The second kappa shape index (κ2) is 7.76. The van der Waals surface area contributed by atoms with Gasteiger partial charge in [0.05, 0.1) is 6.21 Å². The van der Waals surface area contributed by atoms with E-state index in [1.807, 2.05) is 0 Å². The van der Waals surface area contributed by atoms with Crippen LogP contribution >= 0.6 is 0 Å². The minimum Gasteiger partial charge on any atom is -0.406 e. The molecule has 2 aromatic rings. The molecule has 0 heterocycles. The van der Waals surface area contributed by atoms with Gasteiger partial charge in [0, 0.05) is 5.56 Å². The molecule has 0 radical (unpaired) electrons. The number of rotatable bonds is 6. The zero-order chi connectivity index (χ0) is 17.6. The smallest absolute Gasteiger partial charge is 0.406 e. The van der Waals surface area contributed by atoms with Crippen LogP contribution in [0.2, 0.25) is 0 Å². The zero-order valence-electron chi connectivity index (χ0n) is 12.1. The molecule has 0 bridgehead atoms. The first-order valence-electron chi connectivity index (χ1n) is 6.71. The van der Waals surface area contributed by atoms with Crippen LogP contribution in [-0.4, -0.2) is 12.6 Å². The number of alkyl halides is 5. The van der Waals surface area contributed by atoms with E-state index in [0.717, 1.165) is 0 Å². The lowest BCUT2D eigenvalue weighted by Crippen LogP contribution is -2.17. The predicted octanol–water partition coefficient (Wildman–Crippen LogP) is 5.07. The molecule has 0 unspecified atom stereocenters. The van der Waals surface area contributed by atoms with Crippen LogP contribution < -0.4 is 4.74 Å². The van der Waals surface area contributed by atoms with Gasteiger partial charge in [0.1, 0.15) is 12.4 Å². The van der Waals surface area contributed by atoms with Gasteiger partial charge in [-0.05, 0) is 23.3 Å². The maximum atomic E-state index is 12.4. The SMILES string of the molecule is FC(F)c1ccc(C=NOCc2ccc(OC(F)(F)F)cc2)cc1. The van der Waals surface area contributed by atoms with Crippen molar-refractivity contribution >= 4 is 6.21 Å². The molecule has 128 valence electrons. The van der Waals surface area contributed by atoms with Gasteiger partial charge in [-0.15, -0.1) is 13.2 Å². The fourth-order valence-corrected chi connectivity index (χ4v) is 1.72. The van der Waals surface area contributed by atoms with E-state index in [1.54, 1.807) is 0 Å². The van der Waals surface area contributed by atoms with Crippen LogP contribution in [0.5, 0.6) is 5.75 Å². The number of benzene rings is 2. The highest BCUT2D eigenvalue weighted by Crippen LogP contribution is 2.23. The largest absolute Gasteiger partial charge is 0.573 e. The average molecular weight is 345 g/mol. The van der Waals surface area contributed by atoms with Crippen molar-refractivity contribution in [1.29, 1.82) is 0 Å². The second-order valence-electron chi connectivity index (χ2n) is 4.67.